The molecule has 14 rings (SSSR count). The van der Waals surface area contributed by atoms with E-state index in [2.05, 4.69) is 266 Å². The van der Waals surface area contributed by atoms with Crippen molar-refractivity contribution in [3.05, 3.63) is 265 Å². The van der Waals surface area contributed by atoms with Crippen molar-refractivity contribution in [1.29, 1.82) is 0 Å². The van der Waals surface area contributed by atoms with Gasteiger partial charge >= 0.3 is 0 Å². The number of aromatic nitrogens is 4. The lowest BCUT2D eigenvalue weighted by atomic mass is 9.91. The molecular formula is C70H50N4. The van der Waals surface area contributed by atoms with Gasteiger partial charge in [-0.1, -0.05) is 164 Å². The Bertz CT molecular complexity index is 4220. The predicted octanol–water partition coefficient (Wildman–Crippen LogP) is 18.1. The Morgan fingerprint density at radius 2 is 0.703 bits per heavy atom. The van der Waals surface area contributed by atoms with E-state index in [1.165, 1.54) is 88.6 Å². The molecule has 1 aliphatic rings. The van der Waals surface area contributed by atoms with Gasteiger partial charge in [0.25, 0.3) is 0 Å². The molecule has 0 unspecified atom stereocenters. The molecule has 0 atom stereocenters. The Kier molecular flexibility index (Phi) is 10.4. The van der Waals surface area contributed by atoms with Crippen LogP contribution in [0.5, 0.6) is 0 Å². The first kappa shape index (κ1) is 43.4. The molecule has 3 heterocycles. The second-order valence-corrected chi connectivity index (χ2v) is 19.8. The van der Waals surface area contributed by atoms with Crippen LogP contribution < -0.4 is 0 Å². The van der Waals surface area contributed by atoms with Crippen LogP contribution in [0.2, 0.25) is 0 Å². The van der Waals surface area contributed by atoms with Crippen LogP contribution in [0.4, 0.5) is 0 Å². The molecule has 0 aliphatic heterocycles. The Morgan fingerprint density at radius 1 is 0.324 bits per heavy atom. The SMILES string of the molecule is Cc1cc2nc(-c3ccc(-n4c5c(c6cc(-c7ccccc7)ccc64)C=C(c4ccccc4)CC5)cc3)c(-c3ccc(-n4c5ccc(-c6ccccc6)cc5c5cc(-c6ccccc6)ccc54)cc3)nc2cc1C. The second kappa shape index (κ2) is 17.7. The van der Waals surface area contributed by atoms with Crippen LogP contribution in [-0.2, 0) is 6.42 Å². The number of benzene rings is 10. The number of hydrogen-bond donors (Lipinski definition) is 0. The summed E-state index contributed by atoms with van der Waals surface area (Å²) in [6, 6.07) is 85.9. The van der Waals surface area contributed by atoms with Gasteiger partial charge in [0.05, 0.1) is 39.0 Å². The van der Waals surface area contributed by atoms with Crippen LogP contribution in [-0.4, -0.2) is 19.1 Å². The van der Waals surface area contributed by atoms with Gasteiger partial charge in [-0.25, -0.2) is 9.97 Å². The average Bonchev–Trinajstić information content (AvgIpc) is 3.98. The van der Waals surface area contributed by atoms with Gasteiger partial charge in [0.2, 0.25) is 0 Å². The zero-order chi connectivity index (χ0) is 49.3. The van der Waals surface area contributed by atoms with Crippen molar-refractivity contribution in [2.24, 2.45) is 0 Å². The van der Waals surface area contributed by atoms with Gasteiger partial charge in [-0.2, -0.15) is 0 Å². The van der Waals surface area contributed by atoms with Crippen LogP contribution in [0, 0.1) is 13.8 Å². The molecule has 0 saturated carbocycles. The van der Waals surface area contributed by atoms with E-state index in [1.807, 2.05) is 0 Å². The molecule has 0 spiro atoms. The van der Waals surface area contributed by atoms with E-state index < -0.39 is 0 Å². The molecule has 13 aromatic rings. The van der Waals surface area contributed by atoms with Crippen molar-refractivity contribution in [1.82, 2.24) is 19.1 Å². The Hall–Kier alpha value is -9.38. The fourth-order valence-corrected chi connectivity index (χ4v) is 11.4. The van der Waals surface area contributed by atoms with Crippen molar-refractivity contribution in [3.8, 4) is 67.3 Å². The van der Waals surface area contributed by atoms with Gasteiger partial charge in [-0.05, 0) is 161 Å². The number of nitrogens with zero attached hydrogens (tertiary/aromatic N) is 4. The zero-order valence-corrected chi connectivity index (χ0v) is 41.3. The average molecular weight is 947 g/mol. The maximum absolute atomic E-state index is 5.45. The van der Waals surface area contributed by atoms with Crippen LogP contribution in [0.3, 0.4) is 0 Å². The summed E-state index contributed by atoms with van der Waals surface area (Å²) in [5, 5.41) is 3.71. The lowest BCUT2D eigenvalue weighted by molar-refractivity contribution is 0.898. The van der Waals surface area contributed by atoms with Gasteiger partial charge in [0, 0.05) is 49.9 Å². The predicted molar refractivity (Wildman–Crippen MR) is 310 cm³/mol. The smallest absolute Gasteiger partial charge is 0.0973 e. The normalized spacial score (nSPS) is 12.4. The lowest BCUT2D eigenvalue weighted by Crippen LogP contribution is -2.05. The minimum atomic E-state index is 0.859. The molecule has 3 aromatic heterocycles. The van der Waals surface area contributed by atoms with E-state index in [4.69, 9.17) is 9.97 Å². The van der Waals surface area contributed by atoms with Crippen LogP contribution in [0.1, 0.15) is 34.4 Å². The third-order valence-corrected chi connectivity index (χ3v) is 15.4. The third kappa shape index (κ3) is 7.45. The molecule has 0 radical (unpaired) electrons. The highest BCUT2D eigenvalue weighted by molar-refractivity contribution is 6.12. The van der Waals surface area contributed by atoms with E-state index >= 15 is 0 Å². The second-order valence-electron chi connectivity index (χ2n) is 19.8. The summed E-state index contributed by atoms with van der Waals surface area (Å²) in [6.45, 7) is 4.30. The molecule has 0 fully saturated rings. The standard InChI is InChI=1S/C70H50N4/c1-45-39-63-64(40-46(45)2)72-70(52-25-33-58(34-26-52)74-67-37-29-55(49-19-11-5-12-20-49)43-61(67)62-44-56(30-38-68(62)74)50-21-13-6-14-22-50)69(71-63)51-23-31-57(32-24-51)73-65-35-27-53(47-15-7-3-8-16-47)41-59(65)60-42-54(28-36-66(60)73)48-17-9-4-10-18-48/h3-29,31-37,39-44H,30,38H2,1-2H3. The fraction of sp³-hybridized carbons (Fsp3) is 0.0571. The first-order valence-electron chi connectivity index (χ1n) is 25.7. The van der Waals surface area contributed by atoms with Gasteiger partial charge in [0.15, 0.2) is 0 Å². The highest BCUT2D eigenvalue weighted by Crippen LogP contribution is 2.42. The highest BCUT2D eigenvalue weighted by Gasteiger charge is 2.24. The number of rotatable bonds is 8. The number of hydrogen-bond acceptors (Lipinski definition) is 2. The van der Waals surface area contributed by atoms with E-state index in [0.717, 1.165) is 68.8 Å². The van der Waals surface area contributed by atoms with Crippen LogP contribution in [0.15, 0.2) is 237 Å². The molecule has 4 heteroatoms. The van der Waals surface area contributed by atoms with Crippen molar-refractivity contribution >= 4 is 55.4 Å². The zero-order valence-electron chi connectivity index (χ0n) is 41.3. The van der Waals surface area contributed by atoms with E-state index in [0.29, 0.717) is 0 Å². The maximum atomic E-state index is 5.45. The summed E-state index contributed by atoms with van der Waals surface area (Å²) in [4.78, 5) is 10.9. The topological polar surface area (TPSA) is 35.6 Å². The minimum absolute atomic E-state index is 0.859. The van der Waals surface area contributed by atoms with E-state index in [-0.39, 0.29) is 0 Å². The molecule has 0 amide bonds. The van der Waals surface area contributed by atoms with Gasteiger partial charge < -0.3 is 9.13 Å². The van der Waals surface area contributed by atoms with Gasteiger partial charge in [0.1, 0.15) is 0 Å². The number of fused-ring (bicyclic) bond motifs is 7. The van der Waals surface area contributed by atoms with Crippen LogP contribution in [0.25, 0.3) is 123 Å². The molecule has 0 saturated heterocycles. The third-order valence-electron chi connectivity index (χ3n) is 15.4. The molecule has 74 heavy (non-hydrogen) atoms. The molecule has 1 aliphatic carbocycles. The summed E-state index contributed by atoms with van der Waals surface area (Å²) >= 11 is 0. The first-order chi connectivity index (χ1) is 36.5. The van der Waals surface area contributed by atoms with Crippen molar-refractivity contribution in [2.75, 3.05) is 0 Å². The number of allylic oxidation sites excluding steroid dienone is 1. The maximum Gasteiger partial charge on any atom is 0.0973 e. The molecule has 0 N–H and O–H groups in total. The van der Waals surface area contributed by atoms with Crippen LogP contribution >= 0.6 is 0 Å². The first-order valence-corrected chi connectivity index (χ1v) is 25.7. The monoisotopic (exact) mass is 946 g/mol. The van der Waals surface area contributed by atoms with E-state index in [9.17, 15) is 0 Å². The molecule has 10 aromatic carbocycles. The van der Waals surface area contributed by atoms with Gasteiger partial charge in [-0.3, -0.25) is 0 Å². The molecule has 4 nitrogen and oxygen atoms in total. The minimum Gasteiger partial charge on any atom is -0.313 e. The quantitative estimate of drug-likeness (QED) is 0.152. The summed E-state index contributed by atoms with van der Waals surface area (Å²) in [5.41, 5.74) is 26.3. The Balaban J connectivity index is 0.882. The lowest BCUT2D eigenvalue weighted by Gasteiger charge is -2.18. The number of aryl methyl sites for hydroxylation is 2. The Morgan fingerprint density at radius 3 is 1.15 bits per heavy atom. The Labute approximate surface area is 430 Å². The van der Waals surface area contributed by atoms with Gasteiger partial charge in [-0.15, -0.1) is 0 Å². The van der Waals surface area contributed by atoms with E-state index in [1.54, 1.807) is 0 Å². The molecule has 350 valence electrons. The summed E-state index contributed by atoms with van der Waals surface area (Å²) in [6.07, 6.45) is 4.36. The molecule has 0 bridgehead atoms. The largest absolute Gasteiger partial charge is 0.313 e. The fourth-order valence-electron chi connectivity index (χ4n) is 11.4. The highest BCUT2D eigenvalue weighted by atomic mass is 15.0. The summed E-state index contributed by atoms with van der Waals surface area (Å²) in [5.74, 6) is 0. The molecular weight excluding hydrogens is 897 g/mol. The van der Waals surface area contributed by atoms with Crippen molar-refractivity contribution < 1.29 is 0 Å². The summed E-state index contributed by atoms with van der Waals surface area (Å²) < 4.78 is 4.89. The van der Waals surface area contributed by atoms with Crippen molar-refractivity contribution in [2.45, 2.75) is 26.7 Å². The van der Waals surface area contributed by atoms with Crippen molar-refractivity contribution in [3.63, 3.8) is 0 Å². The summed E-state index contributed by atoms with van der Waals surface area (Å²) in [7, 11) is 0.